The van der Waals surface area contributed by atoms with Gasteiger partial charge in [-0.25, -0.2) is 0 Å². The summed E-state index contributed by atoms with van der Waals surface area (Å²) in [6.45, 7) is 5.87. The number of hydrogen-bond donors (Lipinski definition) is 2. The molecule has 4 nitrogen and oxygen atoms in total. The normalized spacial score (nSPS) is 11.7. The van der Waals surface area contributed by atoms with Crippen LogP contribution in [0.3, 0.4) is 0 Å². The van der Waals surface area contributed by atoms with Gasteiger partial charge in [0, 0.05) is 10.9 Å². The molecule has 0 fully saturated rings. The zero-order chi connectivity index (χ0) is 11.8. The predicted octanol–water partition coefficient (Wildman–Crippen LogP) is 2.09. The number of rotatable bonds is 1. The summed E-state index contributed by atoms with van der Waals surface area (Å²) in [5, 5.41) is 10.7. The number of para-hydroxylation sites is 1. The number of H-pyrrole nitrogens is 1. The van der Waals surface area contributed by atoms with Gasteiger partial charge in [-0.05, 0) is 26.8 Å². The molecule has 0 unspecified atom stereocenters. The Labute approximate surface area is 94.0 Å². The summed E-state index contributed by atoms with van der Waals surface area (Å²) in [5.41, 5.74) is 1.17. The molecule has 0 aliphatic carbocycles. The second-order valence-electron chi connectivity index (χ2n) is 4.84. The molecular weight excluding hydrogens is 202 g/mol. The fourth-order valence-corrected chi connectivity index (χ4v) is 1.57. The van der Waals surface area contributed by atoms with E-state index in [1.165, 1.54) is 0 Å². The first kappa shape index (κ1) is 10.7. The van der Waals surface area contributed by atoms with Gasteiger partial charge in [0.05, 0.1) is 17.3 Å². The van der Waals surface area contributed by atoms with E-state index in [2.05, 4.69) is 15.5 Å². The van der Waals surface area contributed by atoms with E-state index in [9.17, 15) is 4.79 Å². The van der Waals surface area contributed by atoms with E-state index >= 15 is 0 Å². The van der Waals surface area contributed by atoms with Crippen molar-refractivity contribution in [2.75, 3.05) is 0 Å². The van der Waals surface area contributed by atoms with Gasteiger partial charge in [-0.1, -0.05) is 12.1 Å². The zero-order valence-electron chi connectivity index (χ0n) is 9.66. The van der Waals surface area contributed by atoms with Gasteiger partial charge in [0.2, 0.25) is 0 Å². The Kier molecular flexibility index (Phi) is 2.42. The molecule has 4 heteroatoms. The minimum atomic E-state index is -0.237. The number of nitrogens with one attached hydrogen (secondary N) is 2. The van der Waals surface area contributed by atoms with E-state index in [-0.39, 0.29) is 11.4 Å². The molecule has 16 heavy (non-hydrogen) atoms. The van der Waals surface area contributed by atoms with Gasteiger partial charge >= 0.3 is 0 Å². The maximum absolute atomic E-state index is 12.0. The Morgan fingerprint density at radius 2 is 2.12 bits per heavy atom. The van der Waals surface area contributed by atoms with Crippen LogP contribution in [0.5, 0.6) is 0 Å². The second kappa shape index (κ2) is 3.63. The minimum absolute atomic E-state index is 0.0812. The van der Waals surface area contributed by atoms with Crippen LogP contribution in [0.4, 0.5) is 0 Å². The number of carbonyl (C=O) groups excluding carboxylic acids is 1. The molecule has 0 radical (unpaired) electrons. The highest BCUT2D eigenvalue weighted by molar-refractivity contribution is 6.05. The predicted molar refractivity (Wildman–Crippen MR) is 63.3 cm³/mol. The molecule has 0 saturated carbocycles. The van der Waals surface area contributed by atoms with Crippen molar-refractivity contribution in [2.24, 2.45) is 0 Å². The van der Waals surface area contributed by atoms with Crippen LogP contribution in [0.25, 0.3) is 10.9 Å². The lowest BCUT2D eigenvalue weighted by molar-refractivity contribution is 0.0921. The van der Waals surface area contributed by atoms with Crippen molar-refractivity contribution in [3.05, 3.63) is 30.0 Å². The molecule has 0 spiro atoms. The van der Waals surface area contributed by atoms with Crippen molar-refractivity contribution in [1.82, 2.24) is 15.5 Å². The fourth-order valence-electron chi connectivity index (χ4n) is 1.57. The third-order valence-electron chi connectivity index (χ3n) is 2.21. The van der Waals surface area contributed by atoms with Crippen molar-refractivity contribution in [1.29, 1.82) is 0 Å². The van der Waals surface area contributed by atoms with E-state index < -0.39 is 0 Å². The summed E-state index contributed by atoms with van der Waals surface area (Å²) in [4.78, 5) is 12.0. The van der Waals surface area contributed by atoms with Crippen LogP contribution in [0.2, 0.25) is 0 Å². The van der Waals surface area contributed by atoms with Crippen LogP contribution < -0.4 is 5.32 Å². The molecule has 0 aliphatic rings. The Morgan fingerprint density at radius 1 is 1.38 bits per heavy atom. The summed E-state index contributed by atoms with van der Waals surface area (Å²) in [6.07, 6.45) is 1.71. The van der Waals surface area contributed by atoms with Crippen molar-refractivity contribution in [3.8, 4) is 0 Å². The van der Waals surface area contributed by atoms with Crippen molar-refractivity contribution >= 4 is 16.8 Å². The highest BCUT2D eigenvalue weighted by Crippen LogP contribution is 2.16. The van der Waals surface area contributed by atoms with Crippen LogP contribution in [0.15, 0.2) is 24.4 Å². The lowest BCUT2D eigenvalue weighted by Gasteiger charge is -2.20. The van der Waals surface area contributed by atoms with E-state index in [0.717, 1.165) is 10.9 Å². The lowest BCUT2D eigenvalue weighted by Crippen LogP contribution is -2.40. The molecule has 1 heterocycles. The maximum atomic E-state index is 12.0. The van der Waals surface area contributed by atoms with Crippen molar-refractivity contribution in [2.45, 2.75) is 26.3 Å². The number of hydrogen-bond acceptors (Lipinski definition) is 2. The van der Waals surface area contributed by atoms with Crippen LogP contribution >= 0.6 is 0 Å². The molecule has 0 bridgehead atoms. The molecule has 0 atom stereocenters. The van der Waals surface area contributed by atoms with Crippen LogP contribution in [0.1, 0.15) is 31.1 Å². The first-order valence-electron chi connectivity index (χ1n) is 5.22. The number of benzene rings is 1. The van der Waals surface area contributed by atoms with Gasteiger partial charge in [0.15, 0.2) is 0 Å². The Bertz CT molecular complexity index is 522. The van der Waals surface area contributed by atoms with Gasteiger partial charge in [0.1, 0.15) is 0 Å². The Hall–Kier alpha value is -1.84. The summed E-state index contributed by atoms with van der Waals surface area (Å²) in [5.74, 6) is -0.0812. The molecule has 1 amide bonds. The molecule has 2 aromatic rings. The minimum Gasteiger partial charge on any atom is -0.347 e. The molecule has 1 aromatic heterocycles. The smallest absolute Gasteiger partial charge is 0.253 e. The molecular formula is C12H15N3O. The average molecular weight is 217 g/mol. The van der Waals surface area contributed by atoms with Crippen LogP contribution in [-0.2, 0) is 0 Å². The topological polar surface area (TPSA) is 57.8 Å². The second-order valence-corrected chi connectivity index (χ2v) is 4.84. The van der Waals surface area contributed by atoms with Crippen LogP contribution in [0, 0.1) is 0 Å². The SMILES string of the molecule is CC(C)(C)NC(=O)c1cccc2cn[nH]c12. The van der Waals surface area contributed by atoms with Gasteiger partial charge < -0.3 is 5.32 Å². The number of nitrogens with zero attached hydrogens (tertiary/aromatic N) is 1. The summed E-state index contributed by atoms with van der Waals surface area (Å²) in [7, 11) is 0. The fraction of sp³-hybridized carbons (Fsp3) is 0.333. The summed E-state index contributed by atoms with van der Waals surface area (Å²) >= 11 is 0. The van der Waals surface area contributed by atoms with E-state index in [1.54, 1.807) is 12.3 Å². The van der Waals surface area contributed by atoms with Gasteiger partial charge in [0.25, 0.3) is 5.91 Å². The first-order valence-corrected chi connectivity index (χ1v) is 5.22. The third-order valence-corrected chi connectivity index (χ3v) is 2.21. The maximum Gasteiger partial charge on any atom is 0.253 e. The number of fused-ring (bicyclic) bond motifs is 1. The number of amides is 1. The van der Waals surface area contributed by atoms with Crippen molar-refractivity contribution in [3.63, 3.8) is 0 Å². The van der Waals surface area contributed by atoms with E-state index in [1.807, 2.05) is 32.9 Å². The largest absolute Gasteiger partial charge is 0.347 e. The Morgan fingerprint density at radius 3 is 2.81 bits per heavy atom. The van der Waals surface area contributed by atoms with E-state index in [0.29, 0.717) is 5.56 Å². The quantitative estimate of drug-likeness (QED) is 0.768. The molecule has 1 aromatic carbocycles. The lowest BCUT2D eigenvalue weighted by atomic mass is 10.1. The first-order chi connectivity index (χ1) is 7.47. The molecule has 0 aliphatic heterocycles. The molecule has 84 valence electrons. The third kappa shape index (κ3) is 2.05. The molecule has 2 N–H and O–H groups in total. The monoisotopic (exact) mass is 217 g/mol. The van der Waals surface area contributed by atoms with Gasteiger partial charge in [-0.2, -0.15) is 5.10 Å². The van der Waals surface area contributed by atoms with Crippen LogP contribution in [-0.4, -0.2) is 21.6 Å². The molecule has 0 saturated heterocycles. The highest BCUT2D eigenvalue weighted by Gasteiger charge is 2.17. The zero-order valence-corrected chi connectivity index (χ0v) is 9.66. The average Bonchev–Trinajstić information content (AvgIpc) is 2.61. The molecule has 2 rings (SSSR count). The van der Waals surface area contributed by atoms with Gasteiger partial charge in [-0.15, -0.1) is 0 Å². The van der Waals surface area contributed by atoms with Crippen molar-refractivity contribution < 1.29 is 4.79 Å². The number of aromatic nitrogens is 2. The van der Waals surface area contributed by atoms with Gasteiger partial charge in [-0.3, -0.25) is 9.89 Å². The summed E-state index contributed by atoms with van der Waals surface area (Å²) in [6, 6.07) is 5.57. The number of carbonyl (C=O) groups is 1. The number of aromatic amines is 1. The highest BCUT2D eigenvalue weighted by atomic mass is 16.1. The van der Waals surface area contributed by atoms with E-state index in [4.69, 9.17) is 0 Å². The summed E-state index contributed by atoms with van der Waals surface area (Å²) < 4.78 is 0. The Balaban J connectivity index is 2.40. The standard InChI is InChI=1S/C12H15N3O/c1-12(2,3)14-11(16)9-6-4-5-8-7-13-15-10(8)9/h4-7H,1-3H3,(H,13,15)(H,14,16).